The maximum atomic E-state index is 12.0. The summed E-state index contributed by atoms with van der Waals surface area (Å²) in [7, 11) is 3.95. The lowest BCUT2D eigenvalue weighted by molar-refractivity contribution is -0.121. The van der Waals surface area contributed by atoms with Crippen LogP contribution in [-0.2, 0) is 11.3 Å². The Morgan fingerprint density at radius 3 is 2.46 bits per heavy atom. The zero-order valence-electron chi connectivity index (χ0n) is 16.0. The minimum Gasteiger partial charge on any atom is -0.352 e. The number of likely N-dealkylation sites (N-methyl/N-ethyl adjacent to an activating group) is 1. The monoisotopic (exact) mass is 360 g/mol. The summed E-state index contributed by atoms with van der Waals surface area (Å²) < 4.78 is 0. The standard InChI is InChI=1S/C20H32N4O2/c1-24(2)14-13-22-20(26)18-6-3-17(4-7-18)15-23-19(25)8-5-16-9-11-21-12-10-16/h3-4,6-7,16,21H,5,8-15H2,1-2H3,(H,22,26)(H,23,25). The molecule has 0 radical (unpaired) electrons. The molecular formula is C20H32N4O2. The van der Waals surface area contributed by atoms with E-state index < -0.39 is 0 Å². The lowest BCUT2D eigenvalue weighted by atomic mass is 9.93. The van der Waals surface area contributed by atoms with Gasteiger partial charge >= 0.3 is 0 Å². The van der Waals surface area contributed by atoms with Gasteiger partial charge in [-0.05, 0) is 70.1 Å². The van der Waals surface area contributed by atoms with E-state index in [0.717, 1.165) is 31.6 Å². The van der Waals surface area contributed by atoms with Gasteiger partial charge in [0.2, 0.25) is 5.91 Å². The maximum absolute atomic E-state index is 12.0. The number of amides is 2. The van der Waals surface area contributed by atoms with Crippen LogP contribution >= 0.6 is 0 Å². The van der Waals surface area contributed by atoms with Gasteiger partial charge in [0.05, 0.1) is 0 Å². The SMILES string of the molecule is CN(C)CCNC(=O)c1ccc(CNC(=O)CCC2CCNCC2)cc1. The molecule has 1 saturated heterocycles. The van der Waals surface area contributed by atoms with Crippen molar-refractivity contribution in [2.45, 2.75) is 32.2 Å². The van der Waals surface area contributed by atoms with E-state index in [9.17, 15) is 9.59 Å². The molecule has 2 rings (SSSR count). The van der Waals surface area contributed by atoms with Crippen LogP contribution in [0.5, 0.6) is 0 Å². The third-order valence-electron chi connectivity index (χ3n) is 4.79. The molecule has 0 aliphatic carbocycles. The van der Waals surface area contributed by atoms with E-state index in [1.54, 1.807) is 0 Å². The van der Waals surface area contributed by atoms with Gasteiger partial charge in [0.25, 0.3) is 5.91 Å². The Morgan fingerprint density at radius 2 is 1.81 bits per heavy atom. The van der Waals surface area contributed by atoms with Crippen molar-refractivity contribution in [2.75, 3.05) is 40.3 Å². The minimum absolute atomic E-state index is 0.0654. The number of carbonyl (C=O) groups excluding carboxylic acids is 2. The minimum atomic E-state index is -0.0654. The zero-order valence-corrected chi connectivity index (χ0v) is 16.0. The molecule has 0 saturated carbocycles. The predicted octanol–water partition coefficient (Wildman–Crippen LogP) is 1.37. The number of hydrogen-bond acceptors (Lipinski definition) is 4. The highest BCUT2D eigenvalue weighted by atomic mass is 16.2. The normalized spacial score (nSPS) is 15.0. The van der Waals surface area contributed by atoms with E-state index in [1.165, 1.54) is 12.8 Å². The van der Waals surface area contributed by atoms with Crippen LogP contribution in [0.4, 0.5) is 0 Å². The summed E-state index contributed by atoms with van der Waals surface area (Å²) in [6.07, 6.45) is 3.91. The summed E-state index contributed by atoms with van der Waals surface area (Å²) in [4.78, 5) is 26.1. The van der Waals surface area contributed by atoms with Crippen LogP contribution in [-0.4, -0.2) is 57.0 Å². The molecule has 6 heteroatoms. The maximum Gasteiger partial charge on any atom is 0.251 e. The van der Waals surface area contributed by atoms with Gasteiger partial charge in [-0.3, -0.25) is 9.59 Å². The summed E-state index contributed by atoms with van der Waals surface area (Å²) in [5, 5.41) is 9.21. The molecule has 1 aliphatic rings. The van der Waals surface area contributed by atoms with Crippen molar-refractivity contribution in [1.29, 1.82) is 0 Å². The van der Waals surface area contributed by atoms with Crippen molar-refractivity contribution < 1.29 is 9.59 Å². The van der Waals surface area contributed by atoms with Crippen LogP contribution in [0, 0.1) is 5.92 Å². The van der Waals surface area contributed by atoms with Crippen molar-refractivity contribution in [3.05, 3.63) is 35.4 Å². The molecule has 0 atom stereocenters. The van der Waals surface area contributed by atoms with Gasteiger partial charge in [-0.25, -0.2) is 0 Å². The smallest absolute Gasteiger partial charge is 0.251 e. The lowest BCUT2D eigenvalue weighted by Crippen LogP contribution is -2.31. The summed E-state index contributed by atoms with van der Waals surface area (Å²) in [5.74, 6) is 0.714. The summed E-state index contributed by atoms with van der Waals surface area (Å²) >= 11 is 0. The highest BCUT2D eigenvalue weighted by Crippen LogP contribution is 2.17. The fourth-order valence-corrected chi connectivity index (χ4v) is 3.06. The highest BCUT2D eigenvalue weighted by Gasteiger charge is 2.14. The lowest BCUT2D eigenvalue weighted by Gasteiger charge is -2.22. The van der Waals surface area contributed by atoms with Crippen LogP contribution < -0.4 is 16.0 Å². The molecule has 0 bridgehead atoms. The number of hydrogen-bond donors (Lipinski definition) is 3. The van der Waals surface area contributed by atoms with Crippen LogP contribution in [0.1, 0.15) is 41.6 Å². The molecule has 3 N–H and O–H groups in total. The molecular weight excluding hydrogens is 328 g/mol. The Kier molecular flexibility index (Phi) is 8.58. The van der Waals surface area contributed by atoms with Crippen molar-refractivity contribution >= 4 is 11.8 Å². The first-order chi connectivity index (χ1) is 12.5. The van der Waals surface area contributed by atoms with Crippen LogP contribution in [0.3, 0.4) is 0 Å². The molecule has 2 amide bonds. The molecule has 1 aromatic carbocycles. The summed E-state index contributed by atoms with van der Waals surface area (Å²) in [6.45, 7) is 4.09. The topological polar surface area (TPSA) is 73.5 Å². The number of rotatable bonds is 9. The fourth-order valence-electron chi connectivity index (χ4n) is 3.06. The Bertz CT molecular complexity index is 566. The van der Waals surface area contributed by atoms with Crippen molar-refractivity contribution in [3.8, 4) is 0 Å². The molecule has 1 heterocycles. The second kappa shape index (κ2) is 10.9. The second-order valence-electron chi connectivity index (χ2n) is 7.26. The average Bonchev–Trinajstić information content (AvgIpc) is 2.65. The highest BCUT2D eigenvalue weighted by molar-refractivity contribution is 5.94. The molecule has 6 nitrogen and oxygen atoms in total. The first kappa shape index (κ1) is 20.4. The molecule has 1 aromatic rings. The second-order valence-corrected chi connectivity index (χ2v) is 7.26. The van der Waals surface area contributed by atoms with E-state index in [2.05, 4.69) is 16.0 Å². The van der Waals surface area contributed by atoms with Gasteiger partial charge < -0.3 is 20.9 Å². The molecule has 1 fully saturated rings. The van der Waals surface area contributed by atoms with E-state index >= 15 is 0 Å². The van der Waals surface area contributed by atoms with Gasteiger partial charge in [0, 0.05) is 31.6 Å². The quantitative estimate of drug-likeness (QED) is 0.622. The van der Waals surface area contributed by atoms with E-state index in [1.807, 2.05) is 43.3 Å². The third kappa shape index (κ3) is 7.54. The summed E-state index contributed by atoms with van der Waals surface area (Å²) in [5.41, 5.74) is 1.65. The average molecular weight is 361 g/mol. The molecule has 0 spiro atoms. The Morgan fingerprint density at radius 1 is 1.12 bits per heavy atom. The Balaban J connectivity index is 1.67. The van der Waals surface area contributed by atoms with Gasteiger partial charge in [-0.2, -0.15) is 0 Å². The van der Waals surface area contributed by atoms with Crippen molar-refractivity contribution in [2.24, 2.45) is 5.92 Å². The summed E-state index contributed by atoms with van der Waals surface area (Å²) in [6, 6.07) is 7.41. The van der Waals surface area contributed by atoms with Crippen LogP contribution in [0.2, 0.25) is 0 Å². The third-order valence-corrected chi connectivity index (χ3v) is 4.79. The first-order valence-electron chi connectivity index (χ1n) is 9.54. The van der Waals surface area contributed by atoms with Crippen molar-refractivity contribution in [1.82, 2.24) is 20.9 Å². The van der Waals surface area contributed by atoms with Crippen LogP contribution in [0.15, 0.2) is 24.3 Å². The van der Waals surface area contributed by atoms with Gasteiger partial charge in [-0.15, -0.1) is 0 Å². The van der Waals surface area contributed by atoms with Gasteiger partial charge in [0.1, 0.15) is 0 Å². The molecule has 0 aromatic heterocycles. The number of benzene rings is 1. The Labute approximate surface area is 156 Å². The molecule has 144 valence electrons. The number of carbonyl (C=O) groups is 2. The van der Waals surface area contributed by atoms with E-state index in [0.29, 0.717) is 31.0 Å². The van der Waals surface area contributed by atoms with Crippen LogP contribution in [0.25, 0.3) is 0 Å². The first-order valence-corrected chi connectivity index (χ1v) is 9.54. The number of nitrogens with zero attached hydrogens (tertiary/aromatic N) is 1. The van der Waals surface area contributed by atoms with Gasteiger partial charge in [-0.1, -0.05) is 12.1 Å². The van der Waals surface area contributed by atoms with E-state index in [-0.39, 0.29) is 11.8 Å². The molecule has 1 aliphatic heterocycles. The van der Waals surface area contributed by atoms with Gasteiger partial charge in [0.15, 0.2) is 0 Å². The number of nitrogens with one attached hydrogen (secondary N) is 3. The largest absolute Gasteiger partial charge is 0.352 e. The Hall–Kier alpha value is -1.92. The number of piperidine rings is 1. The zero-order chi connectivity index (χ0) is 18.8. The molecule has 26 heavy (non-hydrogen) atoms. The predicted molar refractivity (Wildman–Crippen MR) is 104 cm³/mol. The van der Waals surface area contributed by atoms with Crippen molar-refractivity contribution in [3.63, 3.8) is 0 Å². The van der Waals surface area contributed by atoms with E-state index in [4.69, 9.17) is 0 Å². The fraction of sp³-hybridized carbons (Fsp3) is 0.600. The molecule has 0 unspecified atom stereocenters.